The Labute approximate surface area is 169 Å². The van der Waals surface area contributed by atoms with Crippen LogP contribution in [0.5, 0.6) is 0 Å². The van der Waals surface area contributed by atoms with E-state index in [0.29, 0.717) is 11.5 Å². The number of nitrogens with zero attached hydrogens (tertiary/aromatic N) is 1. The number of nitrogens with one attached hydrogen (secondary N) is 1. The Bertz CT molecular complexity index is 1070. The van der Waals surface area contributed by atoms with Crippen LogP contribution in [-0.4, -0.2) is 10.9 Å². The van der Waals surface area contributed by atoms with Crippen molar-refractivity contribution in [2.45, 2.75) is 30.0 Å². The van der Waals surface area contributed by atoms with E-state index >= 15 is 0 Å². The number of hydrogen-bond donors (Lipinski definition) is 1. The van der Waals surface area contributed by atoms with Crippen molar-refractivity contribution in [2.24, 2.45) is 0 Å². The minimum atomic E-state index is -0.182. The summed E-state index contributed by atoms with van der Waals surface area (Å²) in [5.74, 6) is 0.846. The highest BCUT2D eigenvalue weighted by Crippen LogP contribution is 2.33. The molecule has 0 unspecified atom stereocenters. The van der Waals surface area contributed by atoms with Gasteiger partial charge in [-0.15, -0.1) is 22.7 Å². The highest BCUT2D eigenvalue weighted by atomic mass is 32.2. The van der Waals surface area contributed by atoms with Crippen molar-refractivity contribution in [3.8, 4) is 0 Å². The number of carbonyl (C=O) groups excluding carboxylic acids is 1. The van der Waals surface area contributed by atoms with Gasteiger partial charge in [-0.2, -0.15) is 0 Å². The van der Waals surface area contributed by atoms with Crippen LogP contribution in [0.2, 0.25) is 0 Å². The SMILES string of the molecule is Cc1csc(SCc2c(C(=O)N[C@@H](C)c3cccs3)oc3ccccc23)n1. The fourth-order valence-corrected chi connectivity index (χ4v) is 5.44. The average Bonchev–Trinajstić information content (AvgIpc) is 3.39. The summed E-state index contributed by atoms with van der Waals surface area (Å²) >= 11 is 4.88. The Morgan fingerprint density at radius 2 is 2.11 bits per heavy atom. The van der Waals surface area contributed by atoms with E-state index in [1.54, 1.807) is 34.4 Å². The summed E-state index contributed by atoms with van der Waals surface area (Å²) < 4.78 is 6.93. The number of benzene rings is 1. The molecule has 1 atom stereocenters. The molecule has 1 N–H and O–H groups in total. The van der Waals surface area contributed by atoms with E-state index in [-0.39, 0.29) is 11.9 Å². The smallest absolute Gasteiger partial charge is 0.287 e. The maximum absolute atomic E-state index is 12.9. The van der Waals surface area contributed by atoms with Crippen molar-refractivity contribution in [3.05, 3.63) is 69.1 Å². The third kappa shape index (κ3) is 3.95. The number of fused-ring (bicyclic) bond motifs is 1. The molecule has 7 heteroatoms. The molecular formula is C20H18N2O2S3. The fraction of sp³-hybridized carbons (Fsp3) is 0.200. The first-order chi connectivity index (χ1) is 13.1. The van der Waals surface area contributed by atoms with Gasteiger partial charge in [0.1, 0.15) is 9.92 Å². The fourth-order valence-electron chi connectivity index (χ4n) is 2.83. The van der Waals surface area contributed by atoms with E-state index < -0.39 is 0 Å². The van der Waals surface area contributed by atoms with E-state index in [1.807, 2.05) is 61.0 Å². The molecule has 3 aromatic heterocycles. The van der Waals surface area contributed by atoms with Crippen LogP contribution in [0.3, 0.4) is 0 Å². The van der Waals surface area contributed by atoms with Gasteiger partial charge in [0.25, 0.3) is 5.91 Å². The Balaban J connectivity index is 1.61. The first-order valence-electron chi connectivity index (χ1n) is 8.51. The monoisotopic (exact) mass is 414 g/mol. The van der Waals surface area contributed by atoms with Crippen LogP contribution in [-0.2, 0) is 5.75 Å². The number of carbonyl (C=O) groups is 1. The highest BCUT2D eigenvalue weighted by Gasteiger charge is 2.22. The number of rotatable bonds is 6. The molecule has 0 bridgehead atoms. The zero-order valence-electron chi connectivity index (χ0n) is 14.9. The van der Waals surface area contributed by atoms with Gasteiger partial charge in [-0.3, -0.25) is 4.79 Å². The summed E-state index contributed by atoms with van der Waals surface area (Å²) in [5, 5.41) is 8.08. The largest absolute Gasteiger partial charge is 0.451 e. The second-order valence-corrected chi connectivity index (χ2v) is 9.22. The van der Waals surface area contributed by atoms with Crippen LogP contribution in [0.15, 0.2) is 55.9 Å². The molecule has 0 spiro atoms. The molecule has 0 fully saturated rings. The van der Waals surface area contributed by atoms with Gasteiger partial charge in [0.15, 0.2) is 5.76 Å². The molecule has 0 aliphatic heterocycles. The lowest BCUT2D eigenvalue weighted by Crippen LogP contribution is -2.26. The van der Waals surface area contributed by atoms with E-state index in [2.05, 4.69) is 10.3 Å². The highest BCUT2D eigenvalue weighted by molar-refractivity contribution is 8.00. The summed E-state index contributed by atoms with van der Waals surface area (Å²) in [7, 11) is 0. The predicted molar refractivity (Wildman–Crippen MR) is 113 cm³/mol. The molecule has 27 heavy (non-hydrogen) atoms. The minimum absolute atomic E-state index is 0.0622. The predicted octanol–water partition coefficient (Wildman–Crippen LogP) is 6.04. The molecule has 4 rings (SSSR count). The van der Waals surface area contributed by atoms with Crippen molar-refractivity contribution in [1.29, 1.82) is 0 Å². The zero-order chi connectivity index (χ0) is 18.8. The van der Waals surface area contributed by atoms with Crippen LogP contribution < -0.4 is 5.32 Å². The lowest BCUT2D eigenvalue weighted by atomic mass is 10.1. The molecule has 1 amide bonds. The Hall–Kier alpha value is -2.09. The maximum Gasteiger partial charge on any atom is 0.287 e. The first kappa shape index (κ1) is 18.3. The lowest BCUT2D eigenvalue weighted by molar-refractivity contribution is 0.0913. The van der Waals surface area contributed by atoms with Crippen molar-refractivity contribution >= 4 is 51.3 Å². The number of aryl methyl sites for hydroxylation is 1. The summed E-state index contributed by atoms with van der Waals surface area (Å²) in [4.78, 5) is 18.6. The number of para-hydroxylation sites is 1. The quantitative estimate of drug-likeness (QED) is 0.391. The van der Waals surface area contributed by atoms with E-state index in [9.17, 15) is 4.79 Å². The molecule has 4 aromatic rings. The van der Waals surface area contributed by atoms with Gasteiger partial charge in [0, 0.05) is 32.7 Å². The number of thioether (sulfide) groups is 1. The molecule has 4 nitrogen and oxygen atoms in total. The summed E-state index contributed by atoms with van der Waals surface area (Å²) in [6, 6.07) is 11.7. The van der Waals surface area contributed by atoms with E-state index in [1.165, 1.54) is 0 Å². The topological polar surface area (TPSA) is 55.1 Å². The lowest BCUT2D eigenvalue weighted by Gasteiger charge is -2.11. The Kier molecular flexibility index (Phi) is 5.33. The number of thiophene rings is 1. The van der Waals surface area contributed by atoms with Gasteiger partial charge in [-0.25, -0.2) is 4.98 Å². The van der Waals surface area contributed by atoms with Crippen LogP contribution in [0.25, 0.3) is 11.0 Å². The van der Waals surface area contributed by atoms with Gasteiger partial charge in [-0.1, -0.05) is 36.0 Å². The number of aromatic nitrogens is 1. The van der Waals surface area contributed by atoms with Gasteiger partial charge in [0.05, 0.1) is 6.04 Å². The van der Waals surface area contributed by atoms with E-state index in [0.717, 1.165) is 31.4 Å². The number of furan rings is 1. The van der Waals surface area contributed by atoms with Crippen LogP contribution in [0.1, 0.15) is 39.7 Å². The molecule has 0 radical (unpaired) electrons. The number of thiazole rings is 1. The Morgan fingerprint density at radius 3 is 2.85 bits per heavy atom. The molecule has 138 valence electrons. The molecular weight excluding hydrogens is 396 g/mol. The van der Waals surface area contributed by atoms with Crippen molar-refractivity contribution in [1.82, 2.24) is 10.3 Å². The molecule has 0 saturated heterocycles. The van der Waals surface area contributed by atoms with Crippen molar-refractivity contribution < 1.29 is 9.21 Å². The average molecular weight is 415 g/mol. The zero-order valence-corrected chi connectivity index (χ0v) is 17.3. The molecule has 0 aliphatic rings. The number of amides is 1. The van der Waals surface area contributed by atoms with Crippen LogP contribution >= 0.6 is 34.4 Å². The van der Waals surface area contributed by atoms with Gasteiger partial charge in [0.2, 0.25) is 0 Å². The molecule has 3 heterocycles. The number of hydrogen-bond acceptors (Lipinski definition) is 6. The van der Waals surface area contributed by atoms with Gasteiger partial charge >= 0.3 is 0 Å². The Morgan fingerprint density at radius 1 is 1.26 bits per heavy atom. The van der Waals surface area contributed by atoms with Crippen molar-refractivity contribution in [3.63, 3.8) is 0 Å². The third-order valence-electron chi connectivity index (χ3n) is 4.16. The summed E-state index contributed by atoms with van der Waals surface area (Å²) in [6.07, 6.45) is 0. The summed E-state index contributed by atoms with van der Waals surface area (Å²) in [5.41, 5.74) is 2.67. The second kappa shape index (κ2) is 7.88. The molecule has 1 aromatic carbocycles. The van der Waals surface area contributed by atoms with Crippen molar-refractivity contribution in [2.75, 3.05) is 0 Å². The third-order valence-corrected chi connectivity index (χ3v) is 7.38. The van der Waals surface area contributed by atoms with Gasteiger partial charge in [-0.05, 0) is 31.4 Å². The molecule has 0 saturated carbocycles. The first-order valence-corrected chi connectivity index (χ1v) is 11.3. The summed E-state index contributed by atoms with van der Waals surface area (Å²) in [6.45, 7) is 3.97. The maximum atomic E-state index is 12.9. The van der Waals surface area contributed by atoms with Crippen LogP contribution in [0.4, 0.5) is 0 Å². The van der Waals surface area contributed by atoms with Crippen LogP contribution in [0, 0.1) is 6.92 Å². The standard InChI is InChI=1S/C20H18N2O2S3/c1-12-10-26-20(21-12)27-11-15-14-6-3-4-7-16(14)24-18(15)19(23)22-13(2)17-8-5-9-25-17/h3-10,13H,11H2,1-2H3,(H,22,23)/t13-/m0/s1. The van der Waals surface area contributed by atoms with Gasteiger partial charge < -0.3 is 9.73 Å². The second-order valence-electron chi connectivity index (χ2n) is 6.16. The normalized spacial score (nSPS) is 12.4. The minimum Gasteiger partial charge on any atom is -0.451 e. The van der Waals surface area contributed by atoms with E-state index in [4.69, 9.17) is 4.42 Å². The molecule has 0 aliphatic carbocycles.